The van der Waals surface area contributed by atoms with Crippen molar-refractivity contribution >= 4 is 5.84 Å². The third-order valence-corrected chi connectivity index (χ3v) is 2.09. The summed E-state index contributed by atoms with van der Waals surface area (Å²) >= 11 is 0. The zero-order valence-corrected chi connectivity index (χ0v) is 8.96. The van der Waals surface area contributed by atoms with E-state index < -0.39 is 0 Å². The molecule has 0 aliphatic heterocycles. The van der Waals surface area contributed by atoms with Gasteiger partial charge in [-0.05, 0) is 12.3 Å². The van der Waals surface area contributed by atoms with Gasteiger partial charge in [-0.25, -0.2) is 0 Å². The van der Waals surface area contributed by atoms with Crippen molar-refractivity contribution in [1.82, 2.24) is 0 Å². The van der Waals surface area contributed by atoms with E-state index in [9.17, 15) is 0 Å². The molecule has 0 aromatic heterocycles. The third-order valence-electron chi connectivity index (χ3n) is 2.09. The predicted molar refractivity (Wildman–Crippen MR) is 55.4 cm³/mol. The number of hydrogen-bond donors (Lipinski definition) is 1. The topological polar surface area (TPSA) is 38.4 Å². The fraction of sp³-hybridized carbons (Fsp3) is 0.900. The van der Waals surface area contributed by atoms with Crippen LogP contribution in [0, 0.1) is 11.8 Å². The Hall–Kier alpha value is -0.530. The molecule has 0 radical (unpaired) electrons. The van der Waals surface area contributed by atoms with E-state index in [1.165, 1.54) is 0 Å². The van der Waals surface area contributed by atoms with Gasteiger partial charge in [0, 0.05) is 5.92 Å². The first-order chi connectivity index (χ1) is 5.49. The van der Waals surface area contributed by atoms with Gasteiger partial charge < -0.3 is 5.73 Å². The van der Waals surface area contributed by atoms with Crippen LogP contribution in [0.25, 0.3) is 0 Å². The van der Waals surface area contributed by atoms with Crippen LogP contribution < -0.4 is 5.73 Å². The van der Waals surface area contributed by atoms with E-state index in [2.05, 4.69) is 39.6 Å². The summed E-state index contributed by atoms with van der Waals surface area (Å²) in [7, 11) is 0. The number of amidine groups is 1. The summed E-state index contributed by atoms with van der Waals surface area (Å²) < 4.78 is 0. The molecule has 2 N–H and O–H groups in total. The second-order valence-electron chi connectivity index (χ2n) is 3.93. The number of aliphatic imine (C=N–C) groups is 1. The lowest BCUT2D eigenvalue weighted by Crippen LogP contribution is -2.24. The normalized spacial score (nSPS) is 15.8. The maximum Gasteiger partial charge on any atom is 0.0966 e. The molecule has 0 amide bonds. The molecule has 2 heteroatoms. The van der Waals surface area contributed by atoms with Crippen molar-refractivity contribution in [2.75, 3.05) is 0 Å². The largest absolute Gasteiger partial charge is 0.387 e. The summed E-state index contributed by atoms with van der Waals surface area (Å²) in [6.45, 7) is 10.7. The Kier molecular flexibility index (Phi) is 4.95. The van der Waals surface area contributed by atoms with Gasteiger partial charge in [0.15, 0.2) is 0 Å². The van der Waals surface area contributed by atoms with E-state index in [0.29, 0.717) is 17.9 Å². The van der Waals surface area contributed by atoms with Crippen molar-refractivity contribution in [3.8, 4) is 0 Å². The van der Waals surface area contributed by atoms with Crippen molar-refractivity contribution in [3.63, 3.8) is 0 Å². The minimum Gasteiger partial charge on any atom is -0.387 e. The highest BCUT2D eigenvalue weighted by atomic mass is 14.9. The smallest absolute Gasteiger partial charge is 0.0966 e. The van der Waals surface area contributed by atoms with Gasteiger partial charge in [-0.3, -0.25) is 4.99 Å². The third kappa shape index (κ3) is 3.74. The van der Waals surface area contributed by atoms with Gasteiger partial charge in [-0.15, -0.1) is 0 Å². The minimum atomic E-state index is 0.373. The molecule has 1 atom stereocenters. The lowest BCUT2D eigenvalue weighted by Gasteiger charge is -2.16. The van der Waals surface area contributed by atoms with Gasteiger partial charge in [0.1, 0.15) is 0 Å². The molecule has 0 fully saturated rings. The molecule has 0 saturated heterocycles. The zero-order chi connectivity index (χ0) is 9.72. The second-order valence-corrected chi connectivity index (χ2v) is 3.93. The second kappa shape index (κ2) is 5.18. The lowest BCUT2D eigenvalue weighted by atomic mass is 10.0. The average molecular weight is 170 g/mol. The number of rotatable bonds is 4. The molecule has 0 spiro atoms. The van der Waals surface area contributed by atoms with Crippen molar-refractivity contribution in [2.24, 2.45) is 22.6 Å². The fourth-order valence-electron chi connectivity index (χ4n) is 1.05. The van der Waals surface area contributed by atoms with Crippen molar-refractivity contribution in [1.29, 1.82) is 0 Å². The van der Waals surface area contributed by atoms with Crippen LogP contribution in [-0.2, 0) is 0 Å². The minimum absolute atomic E-state index is 0.373. The summed E-state index contributed by atoms with van der Waals surface area (Å²) in [6, 6.07) is 0.396. The molecule has 0 saturated carbocycles. The Morgan fingerprint density at radius 1 is 1.25 bits per heavy atom. The average Bonchev–Trinajstić information content (AvgIpc) is 1.98. The molecular weight excluding hydrogens is 148 g/mol. The molecule has 12 heavy (non-hydrogen) atoms. The molecule has 0 aromatic rings. The van der Waals surface area contributed by atoms with Crippen LogP contribution in [0.5, 0.6) is 0 Å². The van der Waals surface area contributed by atoms with E-state index >= 15 is 0 Å². The molecule has 1 unspecified atom stereocenters. The van der Waals surface area contributed by atoms with E-state index in [1.807, 2.05) is 0 Å². The van der Waals surface area contributed by atoms with Crippen LogP contribution in [0.1, 0.15) is 41.0 Å². The summed E-state index contributed by atoms with van der Waals surface area (Å²) in [6.07, 6.45) is 1.07. The molecular formula is C10H22N2. The number of nitrogens with two attached hydrogens (primary N) is 1. The molecule has 0 aliphatic rings. The van der Waals surface area contributed by atoms with Crippen LogP contribution in [0.4, 0.5) is 0 Å². The first-order valence-corrected chi connectivity index (χ1v) is 4.82. The summed E-state index contributed by atoms with van der Waals surface area (Å²) in [5.41, 5.74) is 5.78. The lowest BCUT2D eigenvalue weighted by molar-refractivity contribution is 0.480. The van der Waals surface area contributed by atoms with Gasteiger partial charge in [0.25, 0.3) is 0 Å². The van der Waals surface area contributed by atoms with Crippen LogP contribution in [0.3, 0.4) is 0 Å². The first-order valence-electron chi connectivity index (χ1n) is 4.82. The van der Waals surface area contributed by atoms with Crippen LogP contribution in [0.2, 0.25) is 0 Å². The zero-order valence-electron chi connectivity index (χ0n) is 8.96. The maximum absolute atomic E-state index is 5.78. The Labute approximate surface area is 76.3 Å². The van der Waals surface area contributed by atoms with Crippen LogP contribution in [-0.4, -0.2) is 11.9 Å². The Balaban J connectivity index is 4.25. The van der Waals surface area contributed by atoms with Crippen molar-refractivity contribution in [2.45, 2.75) is 47.1 Å². The molecule has 0 rings (SSSR count). The molecule has 2 nitrogen and oxygen atoms in total. The first kappa shape index (κ1) is 11.5. The summed E-state index contributed by atoms with van der Waals surface area (Å²) in [5.74, 6) is 1.75. The van der Waals surface area contributed by atoms with Gasteiger partial charge in [0.05, 0.1) is 11.9 Å². The number of nitrogens with zero attached hydrogens (tertiary/aromatic N) is 1. The molecule has 0 bridgehead atoms. The van der Waals surface area contributed by atoms with Gasteiger partial charge in [-0.2, -0.15) is 0 Å². The predicted octanol–water partition coefficient (Wildman–Crippen LogP) is 2.43. The number of hydrogen-bond acceptors (Lipinski definition) is 1. The Morgan fingerprint density at radius 3 is 2.00 bits per heavy atom. The van der Waals surface area contributed by atoms with Crippen molar-refractivity contribution < 1.29 is 0 Å². The van der Waals surface area contributed by atoms with Crippen LogP contribution in [0.15, 0.2) is 4.99 Å². The van der Waals surface area contributed by atoms with E-state index in [0.717, 1.165) is 12.3 Å². The highest BCUT2D eigenvalue weighted by molar-refractivity contribution is 5.82. The molecule has 0 aliphatic carbocycles. The van der Waals surface area contributed by atoms with Crippen molar-refractivity contribution in [3.05, 3.63) is 0 Å². The monoisotopic (exact) mass is 170 g/mol. The highest BCUT2D eigenvalue weighted by Gasteiger charge is 2.10. The SMILES string of the molecule is CCC(N=C(N)C(C)C)C(C)C. The molecule has 72 valence electrons. The fourth-order valence-corrected chi connectivity index (χ4v) is 1.05. The van der Waals surface area contributed by atoms with E-state index in [-0.39, 0.29) is 0 Å². The van der Waals surface area contributed by atoms with E-state index in [1.54, 1.807) is 0 Å². The summed E-state index contributed by atoms with van der Waals surface area (Å²) in [4.78, 5) is 4.49. The van der Waals surface area contributed by atoms with Gasteiger partial charge in [0.2, 0.25) is 0 Å². The standard InChI is InChI=1S/C10H22N2/c1-6-9(7(2)3)12-10(11)8(4)5/h7-9H,6H2,1-5H3,(H2,11,12). The molecule has 0 aromatic carbocycles. The summed E-state index contributed by atoms with van der Waals surface area (Å²) in [5, 5.41) is 0. The Bertz CT molecular complexity index is 148. The van der Waals surface area contributed by atoms with Gasteiger partial charge >= 0.3 is 0 Å². The maximum atomic E-state index is 5.78. The van der Waals surface area contributed by atoms with Crippen LogP contribution >= 0.6 is 0 Å². The quantitative estimate of drug-likeness (QED) is 0.511. The highest BCUT2D eigenvalue weighted by Crippen LogP contribution is 2.10. The van der Waals surface area contributed by atoms with Gasteiger partial charge in [-0.1, -0.05) is 34.6 Å². The molecule has 0 heterocycles. The van der Waals surface area contributed by atoms with E-state index in [4.69, 9.17) is 5.73 Å². The Morgan fingerprint density at radius 2 is 1.75 bits per heavy atom.